The van der Waals surface area contributed by atoms with Gasteiger partial charge in [0.1, 0.15) is 5.75 Å². The summed E-state index contributed by atoms with van der Waals surface area (Å²) in [6.07, 6.45) is 0. The van der Waals surface area contributed by atoms with Crippen LogP contribution in [0.25, 0.3) is 32.9 Å². The highest BCUT2D eigenvalue weighted by molar-refractivity contribution is 6.11. The molecule has 4 rings (SSSR count). The molecule has 0 bridgehead atoms. The molecule has 2 heteroatoms. The van der Waals surface area contributed by atoms with E-state index in [1.54, 1.807) is 7.11 Å². The summed E-state index contributed by atoms with van der Waals surface area (Å²) in [5.41, 5.74) is 4.39. The lowest BCUT2D eigenvalue weighted by Crippen LogP contribution is -1.91. The van der Waals surface area contributed by atoms with Crippen LogP contribution in [-0.4, -0.2) is 12.1 Å². The molecular weight excluding hydrogens is 282 g/mol. The SMILES string of the molecule is COc1ccc(-c2nc3c(C)cccc3c3ccccc23)cc1. The maximum absolute atomic E-state index is 5.26. The number of nitrogens with zero attached hydrogens (tertiary/aromatic N) is 1. The third kappa shape index (κ3) is 2.23. The van der Waals surface area contributed by atoms with Gasteiger partial charge in [0, 0.05) is 16.3 Å². The normalized spacial score (nSPS) is 11.0. The van der Waals surface area contributed by atoms with E-state index in [0.717, 1.165) is 22.5 Å². The topological polar surface area (TPSA) is 22.1 Å². The van der Waals surface area contributed by atoms with E-state index >= 15 is 0 Å². The number of aromatic nitrogens is 1. The minimum atomic E-state index is 0.857. The molecule has 1 heterocycles. The zero-order valence-corrected chi connectivity index (χ0v) is 13.2. The molecule has 3 aromatic carbocycles. The summed E-state index contributed by atoms with van der Waals surface area (Å²) in [5.74, 6) is 0.857. The first-order chi connectivity index (χ1) is 11.3. The Balaban J connectivity index is 2.09. The van der Waals surface area contributed by atoms with Crippen LogP contribution in [0, 0.1) is 6.92 Å². The Bertz CT molecular complexity index is 1000. The predicted molar refractivity (Wildman–Crippen MR) is 96.0 cm³/mol. The molecule has 0 fully saturated rings. The summed E-state index contributed by atoms with van der Waals surface area (Å²) in [6.45, 7) is 2.11. The monoisotopic (exact) mass is 299 g/mol. The van der Waals surface area contributed by atoms with Gasteiger partial charge in [-0.2, -0.15) is 0 Å². The van der Waals surface area contributed by atoms with Crippen molar-refractivity contribution in [1.29, 1.82) is 0 Å². The first kappa shape index (κ1) is 13.8. The van der Waals surface area contributed by atoms with E-state index in [0.29, 0.717) is 0 Å². The molecule has 0 aliphatic rings. The molecule has 0 atom stereocenters. The summed E-state index contributed by atoms with van der Waals surface area (Å²) >= 11 is 0. The van der Waals surface area contributed by atoms with Crippen LogP contribution in [0.3, 0.4) is 0 Å². The largest absolute Gasteiger partial charge is 0.497 e. The van der Waals surface area contributed by atoms with E-state index in [1.165, 1.54) is 21.7 Å². The molecule has 0 unspecified atom stereocenters. The summed E-state index contributed by atoms with van der Waals surface area (Å²) in [7, 11) is 1.68. The fourth-order valence-electron chi connectivity index (χ4n) is 3.09. The summed E-state index contributed by atoms with van der Waals surface area (Å²) < 4.78 is 5.26. The van der Waals surface area contributed by atoms with Crippen molar-refractivity contribution in [3.63, 3.8) is 0 Å². The molecule has 0 N–H and O–H groups in total. The Hall–Kier alpha value is -2.87. The molecule has 0 saturated carbocycles. The van der Waals surface area contributed by atoms with Crippen molar-refractivity contribution in [2.45, 2.75) is 6.92 Å². The molecular formula is C21H17NO. The van der Waals surface area contributed by atoms with Gasteiger partial charge in [-0.15, -0.1) is 0 Å². The molecule has 0 spiro atoms. The fourth-order valence-corrected chi connectivity index (χ4v) is 3.09. The van der Waals surface area contributed by atoms with Gasteiger partial charge in [-0.25, -0.2) is 4.98 Å². The smallest absolute Gasteiger partial charge is 0.118 e. The fraction of sp³-hybridized carbons (Fsp3) is 0.0952. The number of aryl methyl sites for hydroxylation is 1. The van der Waals surface area contributed by atoms with E-state index in [-0.39, 0.29) is 0 Å². The lowest BCUT2D eigenvalue weighted by atomic mass is 9.98. The highest BCUT2D eigenvalue weighted by Gasteiger charge is 2.11. The molecule has 0 saturated heterocycles. The van der Waals surface area contributed by atoms with Crippen molar-refractivity contribution in [3.8, 4) is 17.0 Å². The van der Waals surface area contributed by atoms with Crippen molar-refractivity contribution < 1.29 is 4.74 Å². The average molecular weight is 299 g/mol. The minimum absolute atomic E-state index is 0.857. The number of benzene rings is 3. The zero-order chi connectivity index (χ0) is 15.8. The summed E-state index contributed by atoms with van der Waals surface area (Å²) in [6, 6.07) is 22.9. The molecule has 0 radical (unpaired) electrons. The molecule has 0 amide bonds. The highest BCUT2D eigenvalue weighted by Crippen LogP contribution is 2.33. The van der Waals surface area contributed by atoms with Crippen LogP contribution in [0.15, 0.2) is 66.7 Å². The Morgan fingerprint density at radius 3 is 2.17 bits per heavy atom. The first-order valence-corrected chi connectivity index (χ1v) is 7.70. The standard InChI is InChI=1S/C21H17NO/c1-14-6-5-9-18-17-7-3-4-8-19(17)21(22-20(14)18)15-10-12-16(23-2)13-11-15/h3-13H,1-2H3. The Labute approximate surface area is 135 Å². The zero-order valence-electron chi connectivity index (χ0n) is 13.2. The van der Waals surface area contributed by atoms with E-state index in [1.807, 2.05) is 12.1 Å². The quantitative estimate of drug-likeness (QED) is 0.464. The van der Waals surface area contributed by atoms with Crippen molar-refractivity contribution in [2.24, 2.45) is 0 Å². The van der Waals surface area contributed by atoms with Crippen molar-refractivity contribution in [1.82, 2.24) is 4.98 Å². The Kier molecular flexibility index (Phi) is 3.23. The van der Waals surface area contributed by atoms with Gasteiger partial charge in [-0.05, 0) is 42.1 Å². The number of hydrogen-bond donors (Lipinski definition) is 0. The Morgan fingerprint density at radius 2 is 1.43 bits per heavy atom. The number of rotatable bonds is 2. The second-order valence-electron chi connectivity index (χ2n) is 5.71. The molecule has 0 aliphatic heterocycles. The number of pyridine rings is 1. The van der Waals surface area contributed by atoms with Crippen molar-refractivity contribution in [3.05, 3.63) is 72.3 Å². The maximum atomic E-state index is 5.26. The van der Waals surface area contributed by atoms with Crippen molar-refractivity contribution >= 4 is 21.7 Å². The molecule has 112 valence electrons. The third-order valence-electron chi connectivity index (χ3n) is 4.30. The van der Waals surface area contributed by atoms with Gasteiger partial charge in [0.15, 0.2) is 0 Å². The highest BCUT2D eigenvalue weighted by atomic mass is 16.5. The van der Waals surface area contributed by atoms with E-state index in [2.05, 4.69) is 61.5 Å². The van der Waals surface area contributed by atoms with Crippen molar-refractivity contribution in [2.75, 3.05) is 7.11 Å². The van der Waals surface area contributed by atoms with Crippen LogP contribution in [0.5, 0.6) is 5.75 Å². The Morgan fingerprint density at radius 1 is 0.739 bits per heavy atom. The number of fused-ring (bicyclic) bond motifs is 3. The van der Waals surface area contributed by atoms with Gasteiger partial charge < -0.3 is 4.74 Å². The van der Waals surface area contributed by atoms with Crippen LogP contribution in [0.1, 0.15) is 5.56 Å². The van der Waals surface area contributed by atoms with Gasteiger partial charge in [0.05, 0.1) is 18.3 Å². The average Bonchev–Trinajstić information content (AvgIpc) is 2.62. The second kappa shape index (κ2) is 5.40. The summed E-state index contributed by atoms with van der Waals surface area (Å²) in [5, 5.41) is 3.63. The lowest BCUT2D eigenvalue weighted by Gasteiger charge is -2.11. The number of ether oxygens (including phenoxy) is 1. The minimum Gasteiger partial charge on any atom is -0.497 e. The van der Waals surface area contributed by atoms with Crippen LogP contribution in [0.4, 0.5) is 0 Å². The van der Waals surface area contributed by atoms with Gasteiger partial charge in [0.25, 0.3) is 0 Å². The maximum Gasteiger partial charge on any atom is 0.118 e. The van der Waals surface area contributed by atoms with E-state index < -0.39 is 0 Å². The van der Waals surface area contributed by atoms with Crippen LogP contribution in [0.2, 0.25) is 0 Å². The third-order valence-corrected chi connectivity index (χ3v) is 4.30. The first-order valence-electron chi connectivity index (χ1n) is 7.70. The molecule has 23 heavy (non-hydrogen) atoms. The van der Waals surface area contributed by atoms with Crippen LogP contribution < -0.4 is 4.74 Å². The van der Waals surface area contributed by atoms with Gasteiger partial charge in [-0.1, -0.05) is 42.5 Å². The predicted octanol–water partition coefficient (Wildman–Crippen LogP) is 5.37. The lowest BCUT2D eigenvalue weighted by molar-refractivity contribution is 0.415. The van der Waals surface area contributed by atoms with E-state index in [4.69, 9.17) is 9.72 Å². The van der Waals surface area contributed by atoms with Crippen LogP contribution >= 0.6 is 0 Å². The second-order valence-corrected chi connectivity index (χ2v) is 5.71. The number of methoxy groups -OCH3 is 1. The number of hydrogen-bond acceptors (Lipinski definition) is 2. The molecule has 1 aromatic heterocycles. The number of para-hydroxylation sites is 1. The molecule has 0 aliphatic carbocycles. The van der Waals surface area contributed by atoms with Gasteiger partial charge >= 0.3 is 0 Å². The summed E-state index contributed by atoms with van der Waals surface area (Å²) in [4.78, 5) is 4.99. The van der Waals surface area contributed by atoms with Gasteiger partial charge in [0.2, 0.25) is 0 Å². The molecule has 2 nitrogen and oxygen atoms in total. The van der Waals surface area contributed by atoms with Crippen LogP contribution in [-0.2, 0) is 0 Å². The molecule has 4 aromatic rings. The van der Waals surface area contributed by atoms with Gasteiger partial charge in [-0.3, -0.25) is 0 Å². The van der Waals surface area contributed by atoms with E-state index in [9.17, 15) is 0 Å².